The van der Waals surface area contributed by atoms with Crippen molar-refractivity contribution in [2.75, 3.05) is 0 Å². The number of para-hydroxylation sites is 1. The maximum Gasteiger partial charge on any atom is 0.148 e. The normalized spacial score (nSPS) is 11.2. The van der Waals surface area contributed by atoms with Crippen LogP contribution in [0.1, 0.15) is 0 Å². The molecule has 0 saturated heterocycles. The first-order chi connectivity index (χ1) is 15.3. The number of fused-ring (bicyclic) bond motifs is 1. The van der Waals surface area contributed by atoms with Gasteiger partial charge in [-0.3, -0.25) is 0 Å². The number of aromatic nitrogens is 3. The molecular weight excluding hydrogens is 418 g/mol. The highest BCUT2D eigenvalue weighted by Crippen LogP contribution is 2.39. The highest BCUT2D eigenvalue weighted by Gasteiger charge is 2.17. The Hall–Kier alpha value is -3.54. The fourth-order valence-corrected chi connectivity index (χ4v) is 5.64. The Morgan fingerprint density at radius 2 is 1.26 bits per heavy atom. The van der Waals surface area contributed by atoms with Crippen LogP contribution < -0.4 is 0 Å². The van der Waals surface area contributed by atoms with Crippen molar-refractivity contribution in [2.45, 2.75) is 0 Å². The summed E-state index contributed by atoms with van der Waals surface area (Å²) in [6.07, 6.45) is 0. The molecule has 5 heteroatoms. The van der Waals surface area contributed by atoms with Crippen molar-refractivity contribution in [1.82, 2.24) is 15.0 Å². The number of H-pyrrole nitrogens is 1. The summed E-state index contributed by atoms with van der Waals surface area (Å²) < 4.78 is 1.21. The standard InChI is InChI=1S/C26H17N3S2/c1-3-9-17(10-4-1)23-24(18-11-5-2-6-12-18)29-25(28-23)21-15-16-22(30-21)26-27-19-13-7-8-14-20(19)31-26/h1-16H,(H,28,29). The molecular formula is C26H17N3S2. The Bertz CT molecular complexity index is 1390. The molecule has 1 N–H and O–H groups in total. The second-order valence-electron chi connectivity index (χ2n) is 7.19. The van der Waals surface area contributed by atoms with E-state index in [-0.39, 0.29) is 0 Å². The molecule has 0 aliphatic carbocycles. The summed E-state index contributed by atoms with van der Waals surface area (Å²) in [6.45, 7) is 0. The zero-order valence-electron chi connectivity index (χ0n) is 16.4. The van der Waals surface area contributed by atoms with Crippen LogP contribution in [0.5, 0.6) is 0 Å². The monoisotopic (exact) mass is 435 g/mol. The number of nitrogens with zero attached hydrogens (tertiary/aromatic N) is 2. The van der Waals surface area contributed by atoms with Crippen molar-refractivity contribution in [3.8, 4) is 43.1 Å². The molecule has 0 aliphatic rings. The van der Waals surface area contributed by atoms with Crippen LogP contribution in [0.3, 0.4) is 0 Å². The summed E-state index contributed by atoms with van der Waals surface area (Å²) in [5.41, 5.74) is 5.29. The van der Waals surface area contributed by atoms with Gasteiger partial charge in [-0.1, -0.05) is 72.8 Å². The van der Waals surface area contributed by atoms with Gasteiger partial charge in [0.25, 0.3) is 0 Å². The lowest BCUT2D eigenvalue weighted by Crippen LogP contribution is -1.82. The van der Waals surface area contributed by atoms with E-state index < -0.39 is 0 Å². The molecule has 0 radical (unpaired) electrons. The third-order valence-corrected chi connectivity index (χ3v) is 7.46. The minimum absolute atomic E-state index is 0.884. The Morgan fingerprint density at radius 3 is 2.03 bits per heavy atom. The van der Waals surface area contributed by atoms with E-state index in [9.17, 15) is 0 Å². The van der Waals surface area contributed by atoms with Crippen LogP contribution in [-0.4, -0.2) is 15.0 Å². The highest BCUT2D eigenvalue weighted by atomic mass is 32.1. The summed E-state index contributed by atoms with van der Waals surface area (Å²) >= 11 is 3.45. The van der Waals surface area contributed by atoms with E-state index in [0.717, 1.165) is 48.6 Å². The number of thiophene rings is 1. The molecule has 3 heterocycles. The summed E-state index contributed by atoms with van der Waals surface area (Å²) in [4.78, 5) is 15.7. The number of thiazole rings is 1. The summed E-state index contributed by atoms with van der Waals surface area (Å²) in [5.74, 6) is 0.884. The molecule has 0 atom stereocenters. The van der Waals surface area contributed by atoms with Gasteiger partial charge >= 0.3 is 0 Å². The van der Waals surface area contributed by atoms with Crippen LogP contribution in [0.2, 0.25) is 0 Å². The lowest BCUT2D eigenvalue weighted by atomic mass is 10.1. The van der Waals surface area contributed by atoms with Crippen molar-refractivity contribution >= 4 is 32.9 Å². The molecule has 0 unspecified atom stereocenters. The van der Waals surface area contributed by atoms with Crippen molar-refractivity contribution in [1.29, 1.82) is 0 Å². The SMILES string of the molecule is c1ccc(-c2nc(-c3ccc(-c4nc5ccccc5s4)s3)[nH]c2-c2ccccc2)cc1. The first kappa shape index (κ1) is 18.2. The van der Waals surface area contributed by atoms with Crippen LogP contribution in [-0.2, 0) is 0 Å². The molecule has 3 aromatic heterocycles. The second-order valence-corrected chi connectivity index (χ2v) is 9.31. The number of rotatable bonds is 4. The number of hydrogen-bond donors (Lipinski definition) is 1. The van der Waals surface area contributed by atoms with E-state index in [1.165, 1.54) is 4.70 Å². The van der Waals surface area contributed by atoms with Gasteiger partial charge in [-0.2, -0.15) is 0 Å². The zero-order chi connectivity index (χ0) is 20.6. The Balaban J connectivity index is 1.45. The van der Waals surface area contributed by atoms with E-state index in [2.05, 4.69) is 83.8 Å². The van der Waals surface area contributed by atoms with E-state index in [0.29, 0.717) is 0 Å². The molecule has 6 rings (SSSR count). The fourth-order valence-electron chi connectivity index (χ4n) is 3.67. The smallest absolute Gasteiger partial charge is 0.148 e. The average molecular weight is 436 g/mol. The molecule has 148 valence electrons. The third-order valence-electron chi connectivity index (χ3n) is 5.16. The largest absolute Gasteiger partial charge is 0.337 e. The first-order valence-electron chi connectivity index (χ1n) is 10.0. The molecule has 31 heavy (non-hydrogen) atoms. The molecule has 0 saturated carbocycles. The molecule has 0 bridgehead atoms. The summed E-state index contributed by atoms with van der Waals surface area (Å²) in [7, 11) is 0. The van der Waals surface area contributed by atoms with Gasteiger partial charge in [0.2, 0.25) is 0 Å². The lowest BCUT2D eigenvalue weighted by Gasteiger charge is -2.02. The molecule has 0 amide bonds. The maximum absolute atomic E-state index is 5.01. The van der Waals surface area contributed by atoms with Gasteiger partial charge in [0.1, 0.15) is 10.8 Å². The highest BCUT2D eigenvalue weighted by molar-refractivity contribution is 7.26. The van der Waals surface area contributed by atoms with E-state index in [4.69, 9.17) is 9.97 Å². The van der Waals surface area contributed by atoms with Crippen LogP contribution in [0.4, 0.5) is 0 Å². The minimum atomic E-state index is 0.884. The van der Waals surface area contributed by atoms with Gasteiger partial charge in [0.05, 0.1) is 31.4 Å². The average Bonchev–Trinajstić information content (AvgIpc) is 3.57. The van der Waals surface area contributed by atoms with Gasteiger partial charge in [-0.15, -0.1) is 22.7 Å². The van der Waals surface area contributed by atoms with Gasteiger partial charge in [0, 0.05) is 11.1 Å². The summed E-state index contributed by atoms with van der Waals surface area (Å²) in [5, 5.41) is 1.05. The van der Waals surface area contributed by atoms with E-state index in [1.807, 2.05) is 18.2 Å². The lowest BCUT2D eigenvalue weighted by molar-refractivity contribution is 1.33. The molecule has 0 aliphatic heterocycles. The van der Waals surface area contributed by atoms with Crippen molar-refractivity contribution in [3.05, 3.63) is 97.1 Å². The Morgan fingerprint density at radius 1 is 0.581 bits per heavy atom. The minimum Gasteiger partial charge on any atom is -0.337 e. The molecule has 6 aromatic rings. The number of aromatic amines is 1. The van der Waals surface area contributed by atoms with Crippen molar-refractivity contribution < 1.29 is 0 Å². The van der Waals surface area contributed by atoms with Crippen LogP contribution in [0.25, 0.3) is 53.3 Å². The van der Waals surface area contributed by atoms with Gasteiger partial charge in [-0.05, 0) is 24.3 Å². The predicted octanol–water partition coefficient (Wildman–Crippen LogP) is 7.75. The number of imidazole rings is 1. The first-order valence-corrected chi connectivity index (χ1v) is 11.7. The molecule has 0 spiro atoms. The van der Waals surface area contributed by atoms with Crippen LogP contribution in [0.15, 0.2) is 97.1 Å². The Kier molecular flexibility index (Phi) is 4.48. The molecule has 0 fully saturated rings. The quantitative estimate of drug-likeness (QED) is 0.307. The Labute approximate surface area is 187 Å². The van der Waals surface area contributed by atoms with E-state index >= 15 is 0 Å². The third kappa shape index (κ3) is 3.38. The van der Waals surface area contributed by atoms with Crippen LogP contribution >= 0.6 is 22.7 Å². The number of hydrogen-bond acceptors (Lipinski definition) is 4. The van der Waals surface area contributed by atoms with Gasteiger partial charge in [-0.25, -0.2) is 9.97 Å². The van der Waals surface area contributed by atoms with Crippen molar-refractivity contribution in [2.24, 2.45) is 0 Å². The van der Waals surface area contributed by atoms with Gasteiger partial charge in [0.15, 0.2) is 0 Å². The second kappa shape index (κ2) is 7.61. The van der Waals surface area contributed by atoms with E-state index in [1.54, 1.807) is 22.7 Å². The van der Waals surface area contributed by atoms with Crippen LogP contribution in [0, 0.1) is 0 Å². The molecule has 3 nitrogen and oxygen atoms in total. The molecule has 3 aromatic carbocycles. The summed E-state index contributed by atoms with van der Waals surface area (Å²) in [6, 6.07) is 33.3. The van der Waals surface area contributed by atoms with Gasteiger partial charge < -0.3 is 4.98 Å². The predicted molar refractivity (Wildman–Crippen MR) is 131 cm³/mol. The number of benzene rings is 3. The zero-order valence-corrected chi connectivity index (χ0v) is 18.1. The number of nitrogens with one attached hydrogen (secondary N) is 1. The topological polar surface area (TPSA) is 41.6 Å². The van der Waals surface area contributed by atoms with Crippen molar-refractivity contribution in [3.63, 3.8) is 0 Å². The fraction of sp³-hybridized carbons (Fsp3) is 0. The maximum atomic E-state index is 5.01.